The second-order valence-electron chi connectivity index (χ2n) is 8.31. The van der Waals surface area contributed by atoms with Gasteiger partial charge in [0.25, 0.3) is 0 Å². The number of alkyl halides is 3. The normalized spacial score (nSPS) is 19.7. The molecule has 0 radical (unpaired) electrons. The molecule has 0 spiro atoms. The first-order valence-electron chi connectivity index (χ1n) is 9.41. The molecule has 8 heteroatoms. The van der Waals surface area contributed by atoms with E-state index in [-0.39, 0.29) is 30.9 Å². The molecule has 1 aliphatic carbocycles. The van der Waals surface area contributed by atoms with Gasteiger partial charge in [-0.05, 0) is 0 Å². The molecule has 0 saturated heterocycles. The minimum absolute atomic E-state index is 0. The molecule has 0 bridgehead atoms. The van der Waals surface area contributed by atoms with Crippen LogP contribution in [0.1, 0.15) is 32.8 Å². The van der Waals surface area contributed by atoms with Crippen molar-refractivity contribution in [3.05, 3.63) is 64.0 Å². The van der Waals surface area contributed by atoms with Crippen LogP contribution in [-0.2, 0) is 20.6 Å². The minimum atomic E-state index is -4.13. The third-order valence-corrected chi connectivity index (χ3v) is 11.1. The summed E-state index contributed by atoms with van der Waals surface area (Å²) in [6.45, 7) is 10.4. The zero-order chi connectivity index (χ0) is 20.9. The van der Waals surface area contributed by atoms with Crippen LogP contribution in [0.3, 0.4) is 0 Å². The zero-order valence-electron chi connectivity index (χ0n) is 17.6. The topological polar surface area (TPSA) is 12.9 Å². The van der Waals surface area contributed by atoms with Gasteiger partial charge in [-0.2, -0.15) is 0 Å². The molecule has 1 unspecified atom stereocenters. The maximum Gasteiger partial charge on any atom is -1.00 e. The number of rotatable bonds is 4. The van der Waals surface area contributed by atoms with Gasteiger partial charge in [0.1, 0.15) is 0 Å². The largest absolute Gasteiger partial charge is 1.00 e. The van der Waals surface area contributed by atoms with Crippen LogP contribution in [0.4, 0.5) is 13.2 Å². The number of pyridine rings is 1. The average Bonchev–Trinajstić information content (AvgIpc) is 2.80. The molecule has 1 atom stereocenters. The van der Waals surface area contributed by atoms with Crippen LogP contribution in [0.2, 0.25) is 19.1 Å². The maximum absolute atomic E-state index is 13.0. The molecule has 0 aliphatic heterocycles. The molecule has 0 fully saturated rings. The Morgan fingerprint density at radius 1 is 1.00 bits per heavy atom. The van der Waals surface area contributed by atoms with E-state index in [1.807, 2.05) is 24.3 Å². The molecular formula is C22H25Cl2CrF3NSi. The molecule has 1 aromatic carbocycles. The van der Waals surface area contributed by atoms with E-state index in [1.165, 1.54) is 11.1 Å². The number of hydrogen-bond donors (Lipinski definition) is 0. The van der Waals surface area contributed by atoms with Gasteiger partial charge in [0.2, 0.25) is 0 Å². The fourth-order valence-electron chi connectivity index (χ4n) is 4.47. The van der Waals surface area contributed by atoms with Crippen molar-refractivity contribution in [2.75, 3.05) is 0 Å². The number of nitrogens with zero attached hydrogens (tertiary/aromatic N) is 1. The summed E-state index contributed by atoms with van der Waals surface area (Å²) in [6.07, 6.45) is -3.08. The summed E-state index contributed by atoms with van der Waals surface area (Å²) in [6, 6.07) is 10.2. The fraction of sp³-hybridized carbons (Fsp3) is 0.409. The van der Waals surface area contributed by atoms with Gasteiger partial charge in [-0.3, -0.25) is 0 Å². The molecule has 0 N–H and O–H groups in total. The molecular weight excluding hydrogens is 486 g/mol. The van der Waals surface area contributed by atoms with E-state index in [9.17, 15) is 13.2 Å². The van der Waals surface area contributed by atoms with Crippen LogP contribution < -0.4 is 24.8 Å². The molecule has 0 amide bonds. The summed E-state index contributed by atoms with van der Waals surface area (Å²) < 4.78 is 38.5. The fourth-order valence-corrected chi connectivity index (χ4v) is 10.1. The maximum atomic E-state index is 13.0. The first-order chi connectivity index (χ1) is 12.9. The van der Waals surface area contributed by atoms with Gasteiger partial charge < -0.3 is 24.8 Å². The predicted octanol–water partition coefficient (Wildman–Crippen LogP) is 0.851. The molecule has 1 nitrogen and oxygen atoms in total. The van der Waals surface area contributed by atoms with Crippen LogP contribution in [-0.4, -0.2) is 19.2 Å². The van der Waals surface area contributed by atoms with Gasteiger partial charge in [0.05, 0.1) is 0 Å². The van der Waals surface area contributed by atoms with E-state index >= 15 is 0 Å². The van der Waals surface area contributed by atoms with Crippen molar-refractivity contribution in [2.24, 2.45) is 0 Å². The summed E-state index contributed by atoms with van der Waals surface area (Å²) in [5.74, 6) is 0. The summed E-state index contributed by atoms with van der Waals surface area (Å²) in [5.41, 5.74) is 5.44. The number of hydrogen-bond acceptors (Lipinski definition) is 1. The minimum Gasteiger partial charge on any atom is -1.00 e. The van der Waals surface area contributed by atoms with E-state index in [2.05, 4.69) is 61.2 Å². The Morgan fingerprint density at radius 2 is 1.60 bits per heavy atom. The van der Waals surface area contributed by atoms with Crippen LogP contribution in [0.15, 0.2) is 58.4 Å². The molecule has 1 aliphatic rings. The Kier molecular flexibility index (Phi) is 8.53. The van der Waals surface area contributed by atoms with Crippen molar-refractivity contribution in [1.82, 2.24) is 4.98 Å². The van der Waals surface area contributed by atoms with Crippen molar-refractivity contribution in [3.8, 4) is 0 Å². The summed E-state index contributed by atoms with van der Waals surface area (Å²) in [7, 11) is -2.37. The zero-order valence-corrected chi connectivity index (χ0v) is 21.4. The van der Waals surface area contributed by atoms with E-state index in [4.69, 9.17) is 0 Å². The molecule has 163 valence electrons. The monoisotopic (exact) mass is 510 g/mol. The Hall–Kier alpha value is -0.771. The Morgan fingerprint density at radius 3 is 2.20 bits per heavy atom. The number of aromatic nitrogens is 1. The van der Waals surface area contributed by atoms with E-state index in [1.54, 1.807) is 6.20 Å². The SMILES string of the molecule is CC1=C(C)[C]([Cr+2])(c2cccc3cccnc23)C([Si](C)(C)CCC(F)(F)F)=C1C.[Cl-].[Cl-]. The van der Waals surface area contributed by atoms with E-state index < -0.39 is 24.9 Å². The van der Waals surface area contributed by atoms with Gasteiger partial charge in [0, 0.05) is 0 Å². The predicted molar refractivity (Wildman–Crippen MR) is 107 cm³/mol. The van der Waals surface area contributed by atoms with Gasteiger partial charge in [-0.15, -0.1) is 0 Å². The first kappa shape index (κ1) is 27.3. The van der Waals surface area contributed by atoms with Crippen molar-refractivity contribution < 1.29 is 54.3 Å². The molecule has 0 saturated carbocycles. The van der Waals surface area contributed by atoms with Crippen molar-refractivity contribution >= 4 is 19.0 Å². The molecule has 1 heterocycles. The van der Waals surface area contributed by atoms with Crippen molar-refractivity contribution in [1.29, 1.82) is 0 Å². The number of benzene rings is 1. The average molecular weight is 511 g/mol. The third kappa shape index (κ3) is 4.69. The van der Waals surface area contributed by atoms with Crippen LogP contribution in [0, 0.1) is 0 Å². The second kappa shape index (κ2) is 9.38. The molecule has 1 aromatic heterocycles. The standard InChI is InChI=1S/C22H25F3NSi.2ClH.Cr/c1-14-15(2)19(18-10-6-8-17-9-7-12-26-20(17)18)21(16(14)3)27(4,5)13-11-22(23,24)25;;;/h6-10,12H,11,13H2,1-5H3;2*1H;/q;;;+2/p-2. The van der Waals surface area contributed by atoms with Crippen LogP contribution >= 0.6 is 0 Å². The van der Waals surface area contributed by atoms with Crippen molar-refractivity contribution in [2.45, 2.75) is 56.8 Å². The Labute approximate surface area is 198 Å². The second-order valence-corrected chi connectivity index (χ2v) is 14.0. The van der Waals surface area contributed by atoms with E-state index in [0.29, 0.717) is 0 Å². The van der Waals surface area contributed by atoms with Crippen molar-refractivity contribution in [3.63, 3.8) is 0 Å². The first-order valence-corrected chi connectivity index (χ1v) is 13.3. The third-order valence-electron chi connectivity index (χ3n) is 6.10. The summed E-state index contributed by atoms with van der Waals surface area (Å²) in [5, 5.41) is 2.20. The smallest absolute Gasteiger partial charge is 1.00 e. The quantitative estimate of drug-likeness (QED) is 0.556. The molecule has 3 rings (SSSR count). The summed E-state index contributed by atoms with van der Waals surface area (Å²) in [4.78, 5) is 4.63. The Bertz CT molecular complexity index is 996. The number of para-hydroxylation sites is 1. The van der Waals surface area contributed by atoms with Crippen LogP contribution in [0.5, 0.6) is 0 Å². The molecule has 30 heavy (non-hydrogen) atoms. The number of fused-ring (bicyclic) bond motifs is 1. The summed E-state index contributed by atoms with van der Waals surface area (Å²) >= 11 is 3.42. The van der Waals surface area contributed by atoms with Gasteiger partial charge in [-0.25, -0.2) is 0 Å². The Balaban J connectivity index is 0.00000225. The van der Waals surface area contributed by atoms with E-state index in [0.717, 1.165) is 27.2 Å². The van der Waals surface area contributed by atoms with Gasteiger partial charge in [-0.1, -0.05) is 0 Å². The van der Waals surface area contributed by atoms with Crippen LogP contribution in [0.25, 0.3) is 10.9 Å². The number of allylic oxidation sites excluding steroid dienone is 4. The molecule has 2 aromatic rings. The van der Waals surface area contributed by atoms with Gasteiger partial charge in [0.15, 0.2) is 0 Å². The van der Waals surface area contributed by atoms with Gasteiger partial charge >= 0.3 is 174 Å². The number of halogens is 5.